The van der Waals surface area contributed by atoms with E-state index < -0.39 is 11.7 Å². The van der Waals surface area contributed by atoms with Gasteiger partial charge in [0.05, 0.1) is 29.4 Å². The molecule has 3 rings (SSSR count). The summed E-state index contributed by atoms with van der Waals surface area (Å²) in [5.74, 6) is -1.16. The molecule has 0 saturated carbocycles. The normalized spacial score (nSPS) is 16.7. The Bertz CT molecular complexity index is 876. The molecule has 0 spiro atoms. The third kappa shape index (κ3) is 3.76. The van der Waals surface area contributed by atoms with Crippen molar-refractivity contribution in [2.45, 2.75) is 6.42 Å². The van der Waals surface area contributed by atoms with E-state index in [0.29, 0.717) is 22.1 Å². The maximum atomic E-state index is 13.1. The highest BCUT2D eigenvalue weighted by atomic mass is 35.5. The molecule has 0 bridgehead atoms. The van der Waals surface area contributed by atoms with Gasteiger partial charge in [-0.25, -0.2) is 4.39 Å². The van der Waals surface area contributed by atoms with Crippen LogP contribution in [0.15, 0.2) is 36.4 Å². The van der Waals surface area contributed by atoms with Crippen LogP contribution in [-0.4, -0.2) is 25.5 Å². The average Bonchev–Trinajstić information content (AvgIpc) is 2.99. The van der Waals surface area contributed by atoms with Gasteiger partial charge in [-0.15, -0.1) is 0 Å². The minimum absolute atomic E-state index is 0.0420. The fraction of sp³-hybridized carbons (Fsp3) is 0.222. The lowest BCUT2D eigenvalue weighted by molar-refractivity contribution is -0.122. The van der Waals surface area contributed by atoms with Crippen LogP contribution >= 0.6 is 23.2 Å². The molecule has 2 aromatic carbocycles. The number of hydrogen-bond donors (Lipinski definition) is 1. The molecule has 1 aliphatic rings. The SMILES string of the molecule is COc1ccc(Cl)cc1N1CC(C(=O)Nc2ccc(F)cc2Cl)CC1=O. The van der Waals surface area contributed by atoms with Crippen molar-refractivity contribution in [1.82, 2.24) is 0 Å². The van der Waals surface area contributed by atoms with Crippen LogP contribution in [0.25, 0.3) is 0 Å². The van der Waals surface area contributed by atoms with E-state index >= 15 is 0 Å². The van der Waals surface area contributed by atoms with Crippen molar-refractivity contribution < 1.29 is 18.7 Å². The average molecular weight is 397 g/mol. The van der Waals surface area contributed by atoms with Crippen molar-refractivity contribution in [3.05, 3.63) is 52.3 Å². The van der Waals surface area contributed by atoms with E-state index in [0.717, 1.165) is 6.07 Å². The number of methoxy groups -OCH3 is 1. The zero-order valence-electron chi connectivity index (χ0n) is 13.8. The summed E-state index contributed by atoms with van der Waals surface area (Å²) < 4.78 is 18.4. The van der Waals surface area contributed by atoms with E-state index in [1.54, 1.807) is 18.2 Å². The van der Waals surface area contributed by atoms with Gasteiger partial charge in [0.25, 0.3) is 0 Å². The van der Waals surface area contributed by atoms with E-state index in [9.17, 15) is 14.0 Å². The lowest BCUT2D eigenvalue weighted by Gasteiger charge is -2.20. The largest absolute Gasteiger partial charge is 0.495 e. The van der Waals surface area contributed by atoms with Gasteiger partial charge in [0.2, 0.25) is 11.8 Å². The number of benzene rings is 2. The maximum Gasteiger partial charge on any atom is 0.229 e. The number of ether oxygens (including phenoxy) is 1. The topological polar surface area (TPSA) is 58.6 Å². The van der Waals surface area contributed by atoms with Crippen molar-refractivity contribution in [2.75, 3.05) is 23.9 Å². The number of rotatable bonds is 4. The van der Waals surface area contributed by atoms with Crippen LogP contribution in [0, 0.1) is 11.7 Å². The van der Waals surface area contributed by atoms with E-state index in [1.807, 2.05) is 0 Å². The van der Waals surface area contributed by atoms with Crippen molar-refractivity contribution in [3.8, 4) is 5.75 Å². The third-order valence-electron chi connectivity index (χ3n) is 4.12. The molecular formula is C18H15Cl2FN2O3. The molecule has 1 atom stereocenters. The molecule has 1 fully saturated rings. The van der Waals surface area contributed by atoms with Crippen LogP contribution in [0.4, 0.5) is 15.8 Å². The fourth-order valence-corrected chi connectivity index (χ4v) is 3.20. The monoisotopic (exact) mass is 396 g/mol. The van der Waals surface area contributed by atoms with Crippen molar-refractivity contribution in [3.63, 3.8) is 0 Å². The third-order valence-corrected chi connectivity index (χ3v) is 4.66. The Balaban J connectivity index is 1.77. The first-order valence-corrected chi connectivity index (χ1v) is 8.54. The first-order valence-electron chi connectivity index (χ1n) is 7.79. The Morgan fingerprint density at radius 1 is 1.27 bits per heavy atom. The lowest BCUT2D eigenvalue weighted by atomic mass is 10.1. The zero-order chi connectivity index (χ0) is 18.8. The molecule has 136 valence electrons. The van der Waals surface area contributed by atoms with Crippen LogP contribution in [-0.2, 0) is 9.59 Å². The smallest absolute Gasteiger partial charge is 0.229 e. The number of nitrogens with one attached hydrogen (secondary N) is 1. The molecule has 0 aromatic heterocycles. The molecule has 1 N–H and O–H groups in total. The number of anilines is 2. The molecule has 0 radical (unpaired) electrons. The Morgan fingerprint density at radius 2 is 2.04 bits per heavy atom. The molecule has 1 heterocycles. The van der Waals surface area contributed by atoms with Crippen molar-refractivity contribution >= 4 is 46.4 Å². The number of halogens is 3. The highest BCUT2D eigenvalue weighted by Crippen LogP contribution is 2.35. The zero-order valence-corrected chi connectivity index (χ0v) is 15.3. The van der Waals surface area contributed by atoms with Gasteiger partial charge < -0.3 is 15.0 Å². The number of nitrogens with zero attached hydrogens (tertiary/aromatic N) is 1. The predicted molar refractivity (Wildman–Crippen MR) is 98.5 cm³/mol. The number of carbonyl (C=O) groups excluding carboxylic acids is 2. The number of carbonyl (C=O) groups is 2. The summed E-state index contributed by atoms with van der Waals surface area (Å²) in [6.45, 7) is 0.181. The second-order valence-corrected chi connectivity index (χ2v) is 6.68. The van der Waals surface area contributed by atoms with Crippen LogP contribution in [0.5, 0.6) is 5.75 Å². The van der Waals surface area contributed by atoms with E-state index in [2.05, 4.69) is 5.32 Å². The van der Waals surface area contributed by atoms with Gasteiger partial charge in [-0.1, -0.05) is 23.2 Å². The molecule has 1 saturated heterocycles. The molecular weight excluding hydrogens is 382 g/mol. The van der Waals surface area contributed by atoms with Gasteiger partial charge in [-0.3, -0.25) is 9.59 Å². The lowest BCUT2D eigenvalue weighted by Crippen LogP contribution is -2.28. The van der Waals surface area contributed by atoms with Crippen LogP contribution in [0.3, 0.4) is 0 Å². The van der Waals surface area contributed by atoms with Gasteiger partial charge in [0, 0.05) is 18.0 Å². The van der Waals surface area contributed by atoms with Crippen LogP contribution in [0.2, 0.25) is 10.0 Å². The molecule has 2 aromatic rings. The molecule has 8 heteroatoms. The van der Waals surface area contributed by atoms with Gasteiger partial charge in [0.15, 0.2) is 0 Å². The van der Waals surface area contributed by atoms with Gasteiger partial charge >= 0.3 is 0 Å². The summed E-state index contributed by atoms with van der Waals surface area (Å²) in [4.78, 5) is 26.4. The highest BCUT2D eigenvalue weighted by Gasteiger charge is 2.36. The summed E-state index contributed by atoms with van der Waals surface area (Å²) in [5.41, 5.74) is 0.810. The maximum absolute atomic E-state index is 13.1. The van der Waals surface area contributed by atoms with E-state index in [-0.39, 0.29) is 29.8 Å². The minimum atomic E-state index is -0.577. The highest BCUT2D eigenvalue weighted by molar-refractivity contribution is 6.33. The van der Waals surface area contributed by atoms with Gasteiger partial charge in [0.1, 0.15) is 11.6 Å². The molecule has 1 unspecified atom stereocenters. The quantitative estimate of drug-likeness (QED) is 0.844. The summed E-state index contributed by atoms with van der Waals surface area (Å²) in [7, 11) is 1.49. The molecule has 5 nitrogen and oxygen atoms in total. The number of hydrogen-bond acceptors (Lipinski definition) is 3. The second kappa shape index (κ2) is 7.51. The Morgan fingerprint density at radius 3 is 2.73 bits per heavy atom. The Hall–Kier alpha value is -2.31. The van der Waals surface area contributed by atoms with Crippen LogP contribution in [0.1, 0.15) is 6.42 Å². The standard InChI is InChI=1S/C18H15Cl2FN2O3/c1-26-16-5-2-11(19)7-15(16)23-9-10(6-17(23)24)18(25)22-14-4-3-12(21)8-13(14)20/h2-5,7-8,10H,6,9H2,1H3,(H,22,25). The summed E-state index contributed by atoms with van der Waals surface area (Å²) >= 11 is 11.9. The van der Waals surface area contributed by atoms with E-state index in [1.165, 1.54) is 24.1 Å². The number of amides is 2. The fourth-order valence-electron chi connectivity index (χ4n) is 2.82. The first-order chi connectivity index (χ1) is 12.4. The van der Waals surface area contributed by atoms with Crippen molar-refractivity contribution in [1.29, 1.82) is 0 Å². The van der Waals surface area contributed by atoms with Crippen molar-refractivity contribution in [2.24, 2.45) is 5.92 Å². The minimum Gasteiger partial charge on any atom is -0.495 e. The first kappa shape index (κ1) is 18.5. The molecule has 26 heavy (non-hydrogen) atoms. The van der Waals surface area contributed by atoms with Crippen LogP contribution < -0.4 is 15.0 Å². The van der Waals surface area contributed by atoms with E-state index in [4.69, 9.17) is 27.9 Å². The molecule has 0 aliphatic carbocycles. The summed E-state index contributed by atoms with van der Waals surface area (Å²) in [6.07, 6.45) is 0.0420. The summed E-state index contributed by atoms with van der Waals surface area (Å²) in [5, 5.41) is 3.19. The summed E-state index contributed by atoms with van der Waals surface area (Å²) in [6, 6.07) is 8.63. The van der Waals surface area contributed by atoms with Gasteiger partial charge in [-0.2, -0.15) is 0 Å². The second-order valence-electron chi connectivity index (χ2n) is 5.83. The Labute approximate surface area is 159 Å². The molecule has 2 amide bonds. The van der Waals surface area contributed by atoms with Gasteiger partial charge in [-0.05, 0) is 36.4 Å². The predicted octanol–water partition coefficient (Wildman–Crippen LogP) is 4.13. The Kier molecular flexibility index (Phi) is 5.34. The molecule has 1 aliphatic heterocycles.